The number of carbonyl (C=O) groups excluding carboxylic acids is 1. The minimum absolute atomic E-state index is 0.0805. The maximum absolute atomic E-state index is 12.7. The number of aliphatic hydroxyl groups excluding tert-OH is 1. The summed E-state index contributed by atoms with van der Waals surface area (Å²) in [5.74, 6) is -0.590. The van der Waals surface area contributed by atoms with E-state index in [9.17, 15) is 31.5 Å². The van der Waals surface area contributed by atoms with Crippen LogP contribution in [0.2, 0.25) is 0 Å². The van der Waals surface area contributed by atoms with E-state index in [1.165, 1.54) is 0 Å². The molecular weight excluding hydrogens is 441 g/mol. The standard InChI is InChI=1S/C24H27F3O4S/c25-24(26,27)21-10-12-22(13-11-21)32(30,31)16-17-6-8-19(9-7-17)23(29)14-20(15-28)18-4-2-1-3-5-18/h1-5,10-13,17,19-20,28H,6-9,14-16H2/t17?,19?,20-/m1/s1. The van der Waals surface area contributed by atoms with Gasteiger partial charge in [-0.15, -0.1) is 0 Å². The van der Waals surface area contributed by atoms with Crippen LogP contribution >= 0.6 is 0 Å². The van der Waals surface area contributed by atoms with Crippen LogP contribution in [0.15, 0.2) is 59.5 Å². The Morgan fingerprint density at radius 1 is 0.969 bits per heavy atom. The van der Waals surface area contributed by atoms with Crippen molar-refractivity contribution < 1.29 is 31.5 Å². The van der Waals surface area contributed by atoms with Gasteiger partial charge in [0.2, 0.25) is 0 Å². The Labute approximate surface area is 186 Å². The van der Waals surface area contributed by atoms with Crippen LogP contribution in [0.5, 0.6) is 0 Å². The number of rotatable bonds is 8. The molecule has 0 aromatic heterocycles. The maximum Gasteiger partial charge on any atom is 0.416 e. The zero-order valence-electron chi connectivity index (χ0n) is 17.6. The predicted octanol–water partition coefficient (Wildman–Crippen LogP) is 5.02. The van der Waals surface area contributed by atoms with E-state index in [2.05, 4.69) is 0 Å². The number of halogens is 3. The first-order valence-corrected chi connectivity index (χ1v) is 12.3. The van der Waals surface area contributed by atoms with Crippen molar-refractivity contribution in [2.75, 3.05) is 12.4 Å². The molecule has 1 aliphatic rings. The van der Waals surface area contributed by atoms with E-state index in [0.29, 0.717) is 25.7 Å². The molecule has 1 aliphatic carbocycles. The normalized spacial score (nSPS) is 20.6. The maximum atomic E-state index is 12.7. The average molecular weight is 469 g/mol. The van der Waals surface area contributed by atoms with E-state index in [0.717, 1.165) is 29.8 Å². The number of aliphatic hydroxyl groups is 1. The summed E-state index contributed by atoms with van der Waals surface area (Å²) < 4.78 is 63.4. The van der Waals surface area contributed by atoms with Crippen LogP contribution in [0, 0.1) is 11.8 Å². The van der Waals surface area contributed by atoms with Crippen LogP contribution in [-0.2, 0) is 20.8 Å². The van der Waals surface area contributed by atoms with Crippen LogP contribution in [0.1, 0.15) is 49.1 Å². The number of ketones is 1. The fourth-order valence-electron chi connectivity index (χ4n) is 4.33. The first kappa shape index (κ1) is 24.5. The van der Waals surface area contributed by atoms with Crippen molar-refractivity contribution in [2.24, 2.45) is 11.8 Å². The van der Waals surface area contributed by atoms with Crippen molar-refractivity contribution in [3.8, 4) is 0 Å². The second-order valence-corrected chi connectivity index (χ2v) is 10.5. The van der Waals surface area contributed by atoms with Gasteiger partial charge in [-0.1, -0.05) is 30.3 Å². The van der Waals surface area contributed by atoms with Gasteiger partial charge in [0.1, 0.15) is 5.78 Å². The molecule has 0 aliphatic heterocycles. The van der Waals surface area contributed by atoms with Crippen molar-refractivity contribution >= 4 is 15.6 Å². The van der Waals surface area contributed by atoms with Gasteiger partial charge in [-0.3, -0.25) is 4.79 Å². The van der Waals surface area contributed by atoms with Crippen LogP contribution in [0.3, 0.4) is 0 Å². The number of benzene rings is 2. The molecule has 1 fully saturated rings. The van der Waals surface area contributed by atoms with Gasteiger partial charge in [0.25, 0.3) is 0 Å². The first-order valence-electron chi connectivity index (χ1n) is 10.7. The summed E-state index contributed by atoms with van der Waals surface area (Å²) >= 11 is 0. The third-order valence-electron chi connectivity index (χ3n) is 6.24. The zero-order valence-corrected chi connectivity index (χ0v) is 18.4. The summed E-state index contributed by atoms with van der Waals surface area (Å²) in [4.78, 5) is 12.6. The van der Waals surface area contributed by atoms with E-state index in [1.54, 1.807) is 0 Å². The first-order chi connectivity index (χ1) is 15.1. The highest BCUT2D eigenvalue weighted by Gasteiger charge is 2.32. The number of hydrogen-bond donors (Lipinski definition) is 1. The Morgan fingerprint density at radius 3 is 2.09 bits per heavy atom. The second kappa shape index (κ2) is 10.2. The molecule has 0 amide bonds. The molecular formula is C24H27F3O4S. The van der Waals surface area contributed by atoms with E-state index < -0.39 is 21.6 Å². The lowest BCUT2D eigenvalue weighted by Crippen LogP contribution is -2.27. The minimum atomic E-state index is -4.51. The number of carbonyl (C=O) groups is 1. The SMILES string of the molecule is O=C(C[C@H](CO)c1ccccc1)C1CCC(CS(=O)(=O)c2ccc(C(F)(F)F)cc2)CC1. The quantitative estimate of drug-likeness (QED) is 0.591. The summed E-state index contributed by atoms with van der Waals surface area (Å²) in [7, 11) is -3.70. The van der Waals surface area contributed by atoms with E-state index >= 15 is 0 Å². The number of sulfone groups is 1. The highest BCUT2D eigenvalue weighted by atomic mass is 32.2. The van der Waals surface area contributed by atoms with Crippen LogP contribution in [0.4, 0.5) is 13.2 Å². The largest absolute Gasteiger partial charge is 0.416 e. The Kier molecular flexibility index (Phi) is 7.77. The molecule has 1 N–H and O–H groups in total. The molecule has 1 atom stereocenters. The van der Waals surface area contributed by atoms with Crippen molar-refractivity contribution in [1.82, 2.24) is 0 Å². The molecule has 0 spiro atoms. The fraction of sp³-hybridized carbons (Fsp3) is 0.458. The van der Waals surface area contributed by atoms with Gasteiger partial charge in [-0.25, -0.2) is 8.42 Å². The summed E-state index contributed by atoms with van der Waals surface area (Å²) in [6.45, 7) is -0.115. The smallest absolute Gasteiger partial charge is 0.396 e. The Bertz CT molecular complexity index is 994. The Balaban J connectivity index is 1.54. The van der Waals surface area contributed by atoms with Gasteiger partial charge in [-0.2, -0.15) is 13.2 Å². The molecule has 8 heteroatoms. The number of hydrogen-bond acceptors (Lipinski definition) is 4. The lowest BCUT2D eigenvalue weighted by Gasteiger charge is -2.28. The van der Waals surface area contributed by atoms with Gasteiger partial charge >= 0.3 is 6.18 Å². The molecule has 0 saturated heterocycles. The highest BCUT2D eigenvalue weighted by molar-refractivity contribution is 7.91. The van der Waals surface area contributed by atoms with E-state index in [4.69, 9.17) is 0 Å². The fourth-order valence-corrected chi connectivity index (χ4v) is 6.03. The van der Waals surface area contributed by atoms with Gasteiger partial charge < -0.3 is 5.11 Å². The van der Waals surface area contributed by atoms with Crippen molar-refractivity contribution in [1.29, 1.82) is 0 Å². The summed E-state index contributed by atoms with van der Waals surface area (Å²) in [5.41, 5.74) is 0.0341. The second-order valence-electron chi connectivity index (χ2n) is 8.48. The molecule has 0 unspecified atom stereocenters. The topological polar surface area (TPSA) is 71.4 Å². The molecule has 0 bridgehead atoms. The van der Waals surface area contributed by atoms with Gasteiger partial charge in [-0.05, 0) is 61.4 Å². The lowest BCUT2D eigenvalue weighted by molar-refractivity contribution is -0.137. The van der Waals surface area contributed by atoms with Crippen LogP contribution in [0.25, 0.3) is 0 Å². The molecule has 1 saturated carbocycles. The lowest BCUT2D eigenvalue weighted by atomic mass is 9.78. The zero-order chi connectivity index (χ0) is 23.4. The molecule has 2 aromatic rings. The van der Waals surface area contributed by atoms with Crippen LogP contribution < -0.4 is 0 Å². The summed E-state index contributed by atoms with van der Waals surface area (Å²) in [6.07, 6.45) is -1.95. The molecule has 0 heterocycles. The molecule has 3 rings (SSSR count). The molecule has 174 valence electrons. The summed E-state index contributed by atoms with van der Waals surface area (Å²) in [6, 6.07) is 13.0. The minimum Gasteiger partial charge on any atom is -0.396 e. The summed E-state index contributed by atoms with van der Waals surface area (Å²) in [5, 5.41) is 9.68. The Hall–Kier alpha value is -2.19. The van der Waals surface area contributed by atoms with Crippen molar-refractivity contribution in [3.63, 3.8) is 0 Å². The monoisotopic (exact) mass is 468 g/mol. The van der Waals surface area contributed by atoms with Crippen molar-refractivity contribution in [3.05, 3.63) is 65.7 Å². The van der Waals surface area contributed by atoms with Crippen LogP contribution in [-0.4, -0.2) is 31.7 Å². The Morgan fingerprint density at radius 2 is 1.56 bits per heavy atom. The van der Waals surface area contributed by atoms with Gasteiger partial charge in [0, 0.05) is 18.3 Å². The molecule has 32 heavy (non-hydrogen) atoms. The van der Waals surface area contributed by atoms with Crippen molar-refractivity contribution in [2.45, 2.75) is 49.1 Å². The highest BCUT2D eigenvalue weighted by Crippen LogP contribution is 2.34. The number of alkyl halides is 3. The van der Waals surface area contributed by atoms with Gasteiger partial charge in [0.05, 0.1) is 22.8 Å². The number of Topliss-reactive ketones (excluding diaryl/α,β-unsaturated/α-hetero) is 1. The third-order valence-corrected chi connectivity index (χ3v) is 8.14. The predicted molar refractivity (Wildman–Crippen MR) is 115 cm³/mol. The molecule has 2 aromatic carbocycles. The van der Waals surface area contributed by atoms with E-state index in [1.807, 2.05) is 30.3 Å². The molecule has 4 nitrogen and oxygen atoms in total. The average Bonchev–Trinajstić information content (AvgIpc) is 2.77. The van der Waals surface area contributed by atoms with Gasteiger partial charge in [0.15, 0.2) is 9.84 Å². The van der Waals surface area contributed by atoms with E-state index in [-0.39, 0.29) is 47.2 Å². The third kappa shape index (κ3) is 6.19. The molecule has 0 radical (unpaired) electrons.